The van der Waals surface area contributed by atoms with Crippen LogP contribution in [0.4, 0.5) is 5.69 Å². The first-order chi connectivity index (χ1) is 17.8. The number of fused-ring (bicyclic) bond motifs is 3. The molecular formula is C30H24BrNO5. The highest BCUT2D eigenvalue weighted by Crippen LogP contribution is 2.55. The Kier molecular flexibility index (Phi) is 5.64. The van der Waals surface area contributed by atoms with Crippen molar-refractivity contribution in [3.05, 3.63) is 93.0 Å². The molecule has 0 radical (unpaired) electrons. The summed E-state index contributed by atoms with van der Waals surface area (Å²) in [7, 11) is 0. The molecule has 7 heteroatoms. The Morgan fingerprint density at radius 1 is 1.00 bits per heavy atom. The Labute approximate surface area is 222 Å². The lowest BCUT2D eigenvalue weighted by atomic mass is 9.59. The molecule has 1 saturated heterocycles. The molecule has 0 bridgehead atoms. The van der Waals surface area contributed by atoms with Crippen LogP contribution in [-0.4, -0.2) is 28.5 Å². The lowest BCUT2D eigenvalue weighted by Crippen LogP contribution is -2.39. The summed E-state index contributed by atoms with van der Waals surface area (Å²) in [5, 5.41) is 10.2. The van der Waals surface area contributed by atoms with Crippen LogP contribution in [0.25, 0.3) is 0 Å². The van der Waals surface area contributed by atoms with Gasteiger partial charge in [-0.2, -0.15) is 0 Å². The van der Waals surface area contributed by atoms with Gasteiger partial charge in [-0.05, 0) is 76.5 Å². The molecule has 0 aromatic heterocycles. The summed E-state index contributed by atoms with van der Waals surface area (Å²) in [6.45, 7) is 2.04. The Bertz CT molecular complexity index is 1480. The molecule has 37 heavy (non-hydrogen) atoms. The highest BCUT2D eigenvalue weighted by atomic mass is 79.9. The van der Waals surface area contributed by atoms with E-state index in [1.165, 1.54) is 11.0 Å². The van der Waals surface area contributed by atoms with Crippen LogP contribution in [0, 0.1) is 17.8 Å². The van der Waals surface area contributed by atoms with Gasteiger partial charge in [0, 0.05) is 23.1 Å². The van der Waals surface area contributed by atoms with E-state index in [9.17, 15) is 24.3 Å². The number of rotatable bonds is 3. The number of benzene rings is 2. The Hall–Kier alpha value is -3.58. The number of amides is 2. The molecule has 3 aliphatic carbocycles. The molecule has 6 nitrogen and oxygen atoms in total. The summed E-state index contributed by atoms with van der Waals surface area (Å²) in [5.41, 5.74) is 3.98. The van der Waals surface area contributed by atoms with Crippen molar-refractivity contribution in [2.45, 2.75) is 32.1 Å². The van der Waals surface area contributed by atoms with Crippen molar-refractivity contribution in [1.29, 1.82) is 0 Å². The SMILES string of the molecule is CCc1ccc(N2C(=O)C3CC=C4C(c5cccc(O)c5)C5=C(CC4C3C2=O)C(=O)C(Br)=CC5=O)cc1. The van der Waals surface area contributed by atoms with E-state index in [0.717, 1.165) is 17.6 Å². The van der Waals surface area contributed by atoms with Gasteiger partial charge in [0.1, 0.15) is 5.75 Å². The molecular weight excluding hydrogens is 534 g/mol. The van der Waals surface area contributed by atoms with E-state index in [1.54, 1.807) is 18.2 Å². The minimum Gasteiger partial charge on any atom is -0.508 e. The number of carbonyl (C=O) groups excluding carboxylic acids is 4. The van der Waals surface area contributed by atoms with E-state index in [0.29, 0.717) is 28.8 Å². The lowest BCUT2D eigenvalue weighted by molar-refractivity contribution is -0.123. The van der Waals surface area contributed by atoms with Crippen LogP contribution in [0.5, 0.6) is 5.75 Å². The highest BCUT2D eigenvalue weighted by molar-refractivity contribution is 9.12. The van der Waals surface area contributed by atoms with E-state index < -0.39 is 23.7 Å². The van der Waals surface area contributed by atoms with Crippen LogP contribution in [-0.2, 0) is 25.6 Å². The molecule has 1 N–H and O–H groups in total. The van der Waals surface area contributed by atoms with Crippen molar-refractivity contribution >= 4 is 45.0 Å². The number of aryl methyl sites for hydroxylation is 1. The van der Waals surface area contributed by atoms with Gasteiger partial charge >= 0.3 is 0 Å². The number of aromatic hydroxyl groups is 1. The second kappa shape index (κ2) is 8.77. The van der Waals surface area contributed by atoms with Crippen LogP contribution < -0.4 is 4.90 Å². The summed E-state index contributed by atoms with van der Waals surface area (Å²) >= 11 is 3.23. The molecule has 1 fully saturated rings. The zero-order valence-corrected chi connectivity index (χ0v) is 21.7. The number of imide groups is 1. The van der Waals surface area contributed by atoms with E-state index in [-0.39, 0.29) is 40.0 Å². The van der Waals surface area contributed by atoms with Crippen molar-refractivity contribution in [2.24, 2.45) is 17.8 Å². The second-order valence-corrected chi connectivity index (χ2v) is 10.9. The van der Waals surface area contributed by atoms with Gasteiger partial charge in [0.2, 0.25) is 11.8 Å². The monoisotopic (exact) mass is 557 g/mol. The van der Waals surface area contributed by atoms with Gasteiger partial charge < -0.3 is 5.11 Å². The number of nitrogens with zero attached hydrogens (tertiary/aromatic N) is 1. The number of ketones is 2. The molecule has 1 heterocycles. The fourth-order valence-corrected chi connectivity index (χ4v) is 6.87. The van der Waals surface area contributed by atoms with Gasteiger partial charge in [-0.25, -0.2) is 0 Å². The summed E-state index contributed by atoms with van der Waals surface area (Å²) in [6.07, 6.45) is 4.73. The van der Waals surface area contributed by atoms with Gasteiger partial charge in [-0.15, -0.1) is 0 Å². The Balaban J connectivity index is 1.46. The predicted molar refractivity (Wildman–Crippen MR) is 141 cm³/mol. The van der Waals surface area contributed by atoms with Crippen molar-refractivity contribution in [3.8, 4) is 5.75 Å². The van der Waals surface area contributed by atoms with Crippen LogP contribution in [0.1, 0.15) is 36.8 Å². The number of phenols is 1. The molecule has 2 aromatic rings. The summed E-state index contributed by atoms with van der Waals surface area (Å²) < 4.78 is 0.192. The average molecular weight is 558 g/mol. The molecule has 186 valence electrons. The lowest BCUT2D eigenvalue weighted by Gasteiger charge is -2.42. The van der Waals surface area contributed by atoms with E-state index in [2.05, 4.69) is 15.9 Å². The molecule has 0 saturated carbocycles. The zero-order valence-electron chi connectivity index (χ0n) is 20.1. The number of hydrogen-bond donors (Lipinski definition) is 1. The van der Waals surface area contributed by atoms with E-state index >= 15 is 0 Å². The van der Waals surface area contributed by atoms with Gasteiger partial charge in [0.15, 0.2) is 11.6 Å². The molecule has 4 unspecified atom stereocenters. The van der Waals surface area contributed by atoms with Crippen molar-refractivity contribution in [1.82, 2.24) is 0 Å². The zero-order chi connectivity index (χ0) is 26.0. The summed E-state index contributed by atoms with van der Waals surface area (Å²) in [5.74, 6) is -3.10. The first-order valence-corrected chi connectivity index (χ1v) is 13.2. The fourth-order valence-electron chi connectivity index (χ4n) is 6.43. The largest absolute Gasteiger partial charge is 0.508 e. The molecule has 1 aliphatic heterocycles. The normalized spacial score (nSPS) is 27.0. The number of phenolic OH excluding ortho intramolecular Hbond substituents is 1. The van der Waals surface area contributed by atoms with Crippen molar-refractivity contribution in [3.63, 3.8) is 0 Å². The average Bonchev–Trinajstić information content (AvgIpc) is 3.16. The van der Waals surface area contributed by atoms with Gasteiger partial charge in [0.25, 0.3) is 0 Å². The maximum Gasteiger partial charge on any atom is 0.238 e. The number of carbonyl (C=O) groups is 4. The number of Topliss-reactive ketones (excluding diaryl/α,β-unsaturated/α-hetero) is 1. The third kappa shape index (κ3) is 3.59. The topological polar surface area (TPSA) is 91.8 Å². The fraction of sp³-hybridized carbons (Fsp3) is 0.267. The third-order valence-corrected chi connectivity index (χ3v) is 8.73. The molecule has 2 amide bonds. The highest BCUT2D eigenvalue weighted by Gasteiger charge is 2.56. The van der Waals surface area contributed by atoms with E-state index in [1.807, 2.05) is 43.3 Å². The maximum absolute atomic E-state index is 13.9. The van der Waals surface area contributed by atoms with Crippen LogP contribution >= 0.6 is 15.9 Å². The van der Waals surface area contributed by atoms with Gasteiger partial charge in [0.05, 0.1) is 22.0 Å². The standard InChI is InChI=1S/C30H24BrNO5/c1-2-15-6-8-17(9-7-15)32-29(36)20-11-10-19-21(26(20)30(32)37)13-22-27(24(34)14-23(31)28(22)35)25(19)16-4-3-5-18(33)12-16/h3-10,12,14,20-21,25-26,33H,2,11,13H2,1H3. The number of hydrogen-bond acceptors (Lipinski definition) is 5. The molecule has 6 rings (SSSR count). The van der Waals surface area contributed by atoms with Crippen LogP contribution in [0.3, 0.4) is 0 Å². The van der Waals surface area contributed by atoms with Crippen LogP contribution in [0.2, 0.25) is 0 Å². The van der Waals surface area contributed by atoms with Gasteiger partial charge in [-0.1, -0.05) is 42.8 Å². The first kappa shape index (κ1) is 23.8. The smallest absolute Gasteiger partial charge is 0.238 e. The number of allylic oxidation sites excluding steroid dienone is 6. The number of halogens is 1. The molecule has 4 aliphatic rings. The molecule has 4 atom stereocenters. The minimum absolute atomic E-state index is 0.0520. The predicted octanol–water partition coefficient (Wildman–Crippen LogP) is 4.92. The van der Waals surface area contributed by atoms with Crippen molar-refractivity contribution < 1.29 is 24.3 Å². The minimum atomic E-state index is -0.625. The van der Waals surface area contributed by atoms with Gasteiger partial charge in [-0.3, -0.25) is 24.1 Å². The second-order valence-electron chi connectivity index (χ2n) is 10.0. The van der Waals surface area contributed by atoms with E-state index in [4.69, 9.17) is 0 Å². The third-order valence-electron chi connectivity index (χ3n) is 8.14. The van der Waals surface area contributed by atoms with Crippen LogP contribution in [0.15, 0.2) is 81.9 Å². The number of anilines is 1. The molecule has 0 spiro atoms. The summed E-state index contributed by atoms with van der Waals surface area (Å²) in [6, 6.07) is 14.1. The van der Waals surface area contributed by atoms with Crippen molar-refractivity contribution in [2.75, 3.05) is 4.90 Å². The quantitative estimate of drug-likeness (QED) is 0.328. The maximum atomic E-state index is 13.9. The first-order valence-electron chi connectivity index (χ1n) is 12.4. The molecule has 2 aromatic carbocycles. The Morgan fingerprint density at radius 2 is 1.76 bits per heavy atom. The summed E-state index contributed by atoms with van der Waals surface area (Å²) in [4.78, 5) is 55.2. The Morgan fingerprint density at radius 3 is 2.46 bits per heavy atom.